The van der Waals surface area contributed by atoms with Crippen LogP contribution >= 0.6 is 0 Å². The molecule has 0 aliphatic carbocycles. The number of hydrogen-bond acceptors (Lipinski definition) is 5. The van der Waals surface area contributed by atoms with Crippen LogP contribution in [0.3, 0.4) is 0 Å². The van der Waals surface area contributed by atoms with Crippen LogP contribution in [0.15, 0.2) is 65.8 Å². The van der Waals surface area contributed by atoms with E-state index in [2.05, 4.69) is 69.7 Å². The predicted molar refractivity (Wildman–Crippen MR) is 140 cm³/mol. The molecule has 0 aliphatic rings. The summed E-state index contributed by atoms with van der Waals surface area (Å²) in [6, 6.07) is 16.0. The monoisotopic (exact) mass is 515 g/mol. The van der Waals surface area contributed by atoms with Gasteiger partial charge in [0.05, 0.1) is 0 Å². The summed E-state index contributed by atoms with van der Waals surface area (Å²) in [6.07, 6.45) is 5.98. The molecule has 0 fully saturated rings. The van der Waals surface area contributed by atoms with Gasteiger partial charge < -0.3 is 0 Å². The summed E-state index contributed by atoms with van der Waals surface area (Å²) in [5.74, 6) is 1.66. The van der Waals surface area contributed by atoms with Crippen molar-refractivity contribution in [3.8, 4) is 11.5 Å². The van der Waals surface area contributed by atoms with E-state index in [9.17, 15) is 0 Å². The van der Waals surface area contributed by atoms with Crippen molar-refractivity contribution in [2.75, 3.05) is 18.1 Å². The van der Waals surface area contributed by atoms with E-state index in [1.807, 2.05) is 48.7 Å². The second kappa shape index (κ2) is 11.2. The second-order valence-corrected chi connectivity index (χ2v) is 23.4. The van der Waals surface area contributed by atoms with Crippen LogP contribution in [0.1, 0.15) is 0 Å². The van der Waals surface area contributed by atoms with Gasteiger partial charge in [-0.15, -0.1) is 0 Å². The number of anilines is 1. The second-order valence-electron chi connectivity index (χ2n) is 9.11. The summed E-state index contributed by atoms with van der Waals surface area (Å²) in [6.45, 7) is 14.7. The molecular formula is C23H35GeN3O2Si2. The standard InChI is InChI=1S/C23H35GeN3O2Si2/c1-28-22-16-11-9-14-20(22)25-18-13-19-26(21-15-10-12-17-23(21)29-2)24-27(30(3,4)5)31(6,7)8/h9-19H,1-8H3/b19-13-,25-18?. The van der Waals surface area contributed by atoms with Gasteiger partial charge in [0.1, 0.15) is 0 Å². The van der Waals surface area contributed by atoms with E-state index in [4.69, 9.17) is 9.47 Å². The fourth-order valence-electron chi connectivity index (χ4n) is 3.39. The molecule has 8 heteroatoms. The third-order valence-electron chi connectivity index (χ3n) is 4.51. The third-order valence-corrected chi connectivity index (χ3v) is 22.4. The summed E-state index contributed by atoms with van der Waals surface area (Å²) in [7, 11) is 0.454. The molecule has 0 saturated carbocycles. The molecule has 0 N–H and O–H groups in total. The fourth-order valence-corrected chi connectivity index (χ4v) is 18.3. The van der Waals surface area contributed by atoms with Crippen LogP contribution in [-0.2, 0) is 0 Å². The normalized spacial score (nSPS) is 12.7. The van der Waals surface area contributed by atoms with Gasteiger partial charge in [0.15, 0.2) is 0 Å². The first-order valence-electron chi connectivity index (χ1n) is 10.4. The van der Waals surface area contributed by atoms with E-state index in [0.717, 1.165) is 22.9 Å². The number of methoxy groups -OCH3 is 2. The zero-order chi connectivity index (χ0) is 23.1. The van der Waals surface area contributed by atoms with Gasteiger partial charge in [-0.25, -0.2) is 0 Å². The van der Waals surface area contributed by atoms with Gasteiger partial charge in [0.25, 0.3) is 0 Å². The Morgan fingerprint density at radius 1 is 0.806 bits per heavy atom. The minimum absolute atomic E-state index is 0.605. The van der Waals surface area contributed by atoms with E-state index < -0.39 is 32.3 Å². The molecular weight excluding hydrogens is 479 g/mol. The molecule has 2 aromatic carbocycles. The number of aliphatic imine (C=N–C) groups is 1. The fraction of sp³-hybridized carbons (Fsp3) is 0.348. The van der Waals surface area contributed by atoms with Gasteiger partial charge in [-0.3, -0.25) is 0 Å². The van der Waals surface area contributed by atoms with Crippen molar-refractivity contribution in [2.24, 2.45) is 4.99 Å². The number of para-hydroxylation sites is 4. The number of allylic oxidation sites excluding steroid dienone is 1. The average molecular weight is 514 g/mol. The van der Waals surface area contributed by atoms with Crippen molar-refractivity contribution in [1.82, 2.24) is 3.19 Å². The van der Waals surface area contributed by atoms with Crippen molar-refractivity contribution in [1.29, 1.82) is 0 Å². The van der Waals surface area contributed by atoms with Crippen LogP contribution in [0.4, 0.5) is 11.4 Å². The number of nitrogens with zero attached hydrogens (tertiary/aromatic N) is 3. The van der Waals surface area contributed by atoms with Crippen LogP contribution < -0.4 is 13.3 Å². The molecule has 0 spiro atoms. The molecule has 0 amide bonds. The van der Waals surface area contributed by atoms with Crippen LogP contribution in [0.2, 0.25) is 39.3 Å². The number of hydrogen-bond donors (Lipinski definition) is 0. The Morgan fingerprint density at radius 2 is 1.35 bits per heavy atom. The van der Waals surface area contributed by atoms with Crippen molar-refractivity contribution < 1.29 is 9.47 Å². The van der Waals surface area contributed by atoms with Crippen molar-refractivity contribution in [3.05, 3.63) is 60.8 Å². The molecule has 0 aliphatic heterocycles. The average Bonchev–Trinajstić information content (AvgIpc) is 2.71. The summed E-state index contributed by atoms with van der Waals surface area (Å²) in [4.78, 5) is 4.58. The Hall–Kier alpha value is -1.81. The Kier molecular flexibility index (Phi) is 9.17. The molecule has 5 nitrogen and oxygen atoms in total. The first-order valence-corrected chi connectivity index (χ1v) is 19.2. The van der Waals surface area contributed by atoms with E-state index in [1.165, 1.54) is 0 Å². The van der Waals surface area contributed by atoms with Gasteiger partial charge in [-0.05, 0) is 0 Å². The van der Waals surface area contributed by atoms with E-state index in [-0.39, 0.29) is 0 Å². The van der Waals surface area contributed by atoms with Gasteiger partial charge in [-0.1, -0.05) is 0 Å². The molecule has 0 heterocycles. The molecule has 0 atom stereocenters. The molecule has 31 heavy (non-hydrogen) atoms. The molecule has 166 valence electrons. The maximum absolute atomic E-state index is 5.68. The SMILES string of the molecule is COc1ccccc1N=C/C=C\[N]([Ge][N]([Si](C)(C)C)[Si](C)(C)C)c1ccccc1OC. The molecule has 2 rings (SSSR count). The van der Waals surface area contributed by atoms with Crippen LogP contribution in [0.5, 0.6) is 11.5 Å². The van der Waals surface area contributed by atoms with E-state index in [1.54, 1.807) is 14.2 Å². The zero-order valence-electron chi connectivity index (χ0n) is 20.0. The summed E-state index contributed by atoms with van der Waals surface area (Å²) in [5, 5.41) is 0. The van der Waals surface area contributed by atoms with Gasteiger partial charge in [0.2, 0.25) is 0 Å². The van der Waals surface area contributed by atoms with Gasteiger partial charge >= 0.3 is 197 Å². The Bertz CT molecular complexity index is 894. The summed E-state index contributed by atoms with van der Waals surface area (Å²) < 4.78 is 16.3. The minimum atomic E-state index is -1.47. The Labute approximate surface area is 196 Å². The van der Waals surface area contributed by atoms with Crippen molar-refractivity contribution >= 4 is 49.9 Å². The number of rotatable bonds is 10. The van der Waals surface area contributed by atoms with Gasteiger partial charge in [-0.2, -0.15) is 0 Å². The molecule has 0 bridgehead atoms. The quantitative estimate of drug-likeness (QED) is 0.291. The summed E-state index contributed by atoms with van der Waals surface area (Å²) >= 11 is -0.605. The van der Waals surface area contributed by atoms with Crippen LogP contribution in [0.25, 0.3) is 0 Å². The molecule has 2 radical (unpaired) electrons. The molecule has 0 unspecified atom stereocenters. The number of benzene rings is 2. The predicted octanol–water partition coefficient (Wildman–Crippen LogP) is 5.93. The third kappa shape index (κ3) is 7.38. The number of ether oxygens (including phenoxy) is 2. The van der Waals surface area contributed by atoms with Crippen molar-refractivity contribution in [2.45, 2.75) is 39.3 Å². The molecule has 0 aromatic heterocycles. The maximum atomic E-state index is 5.68. The van der Waals surface area contributed by atoms with E-state index >= 15 is 0 Å². The summed E-state index contributed by atoms with van der Waals surface area (Å²) in [5.41, 5.74) is 1.92. The topological polar surface area (TPSA) is 37.3 Å². The molecule has 0 saturated heterocycles. The first kappa shape index (κ1) is 25.4. The Morgan fingerprint density at radius 3 is 1.94 bits per heavy atom. The first-order chi connectivity index (χ1) is 14.6. The van der Waals surface area contributed by atoms with E-state index in [0.29, 0.717) is 0 Å². The van der Waals surface area contributed by atoms with Crippen molar-refractivity contribution in [3.63, 3.8) is 0 Å². The van der Waals surface area contributed by atoms with Gasteiger partial charge in [0, 0.05) is 0 Å². The van der Waals surface area contributed by atoms with Crippen LogP contribution in [-0.4, -0.2) is 56.0 Å². The Balaban J connectivity index is 2.38. The molecule has 2 aromatic rings. The zero-order valence-corrected chi connectivity index (χ0v) is 24.1. The van der Waals surface area contributed by atoms with Crippen LogP contribution in [0, 0.1) is 0 Å².